The van der Waals surface area contributed by atoms with E-state index in [1.807, 2.05) is 52.3 Å². The van der Waals surface area contributed by atoms with Gasteiger partial charge in [0.2, 0.25) is 0 Å². The van der Waals surface area contributed by atoms with Gasteiger partial charge in [-0.05, 0) is 34.5 Å². The maximum atomic E-state index is 13.0. The summed E-state index contributed by atoms with van der Waals surface area (Å²) in [6, 6.07) is 20.2. The summed E-state index contributed by atoms with van der Waals surface area (Å²) in [5.41, 5.74) is -0.217. The number of alkyl halides is 3. The summed E-state index contributed by atoms with van der Waals surface area (Å²) in [5, 5.41) is 2.01. The van der Waals surface area contributed by atoms with Crippen molar-refractivity contribution in [2.24, 2.45) is 0 Å². The zero-order valence-electron chi connectivity index (χ0n) is 18.8. The van der Waals surface area contributed by atoms with Gasteiger partial charge >= 0.3 is 11.9 Å². The van der Waals surface area contributed by atoms with E-state index < -0.39 is 23.0 Å². The first-order valence-electron chi connectivity index (χ1n) is 11.3. The molecule has 0 amide bonds. The van der Waals surface area contributed by atoms with Crippen LogP contribution in [0.1, 0.15) is 11.1 Å². The number of nitrogens with one attached hydrogen (secondary N) is 1. The molecule has 0 saturated carbocycles. The summed E-state index contributed by atoms with van der Waals surface area (Å²) in [4.78, 5) is 32.2. The van der Waals surface area contributed by atoms with E-state index in [-0.39, 0.29) is 6.54 Å². The molecule has 3 aromatic carbocycles. The van der Waals surface area contributed by atoms with Crippen LogP contribution in [0.3, 0.4) is 0 Å². The van der Waals surface area contributed by atoms with Crippen molar-refractivity contribution in [2.45, 2.75) is 12.7 Å². The molecule has 1 aromatic heterocycles. The topological polar surface area (TPSA) is 61.3 Å². The largest absolute Gasteiger partial charge is 0.416 e. The van der Waals surface area contributed by atoms with E-state index in [0.29, 0.717) is 37.7 Å². The maximum absolute atomic E-state index is 13.0. The standard InChI is InChI=1S/C26H23F3N4O2/c27-26(28,29)20-8-4-9-21(15-20)31-11-13-32(14-12-31)23-16-24(34)33(25(35)30-23)17-19-7-3-6-18-5-1-2-10-22(18)19/h1-10,15-16H,11-14,17H2,(H,30,35). The van der Waals surface area contributed by atoms with Crippen LogP contribution in [0.5, 0.6) is 0 Å². The van der Waals surface area contributed by atoms with Crippen molar-refractivity contribution in [2.75, 3.05) is 36.0 Å². The smallest absolute Gasteiger partial charge is 0.368 e. The highest BCUT2D eigenvalue weighted by atomic mass is 19.4. The van der Waals surface area contributed by atoms with E-state index >= 15 is 0 Å². The number of H-pyrrole nitrogens is 1. The first-order valence-corrected chi connectivity index (χ1v) is 11.3. The van der Waals surface area contributed by atoms with Gasteiger partial charge < -0.3 is 9.80 Å². The van der Waals surface area contributed by atoms with Gasteiger partial charge in [-0.15, -0.1) is 0 Å². The Bertz CT molecular complexity index is 1450. The van der Waals surface area contributed by atoms with Gasteiger partial charge in [0, 0.05) is 37.9 Å². The molecular weight excluding hydrogens is 457 g/mol. The Morgan fingerprint density at radius 1 is 0.800 bits per heavy atom. The van der Waals surface area contributed by atoms with Crippen LogP contribution in [0, 0.1) is 0 Å². The first kappa shape index (κ1) is 22.8. The molecule has 6 nitrogen and oxygen atoms in total. The van der Waals surface area contributed by atoms with Crippen molar-refractivity contribution < 1.29 is 13.2 Å². The molecule has 0 aliphatic carbocycles. The minimum absolute atomic E-state index is 0.152. The van der Waals surface area contributed by atoms with Crippen molar-refractivity contribution in [3.8, 4) is 0 Å². The summed E-state index contributed by atoms with van der Waals surface area (Å²) in [6.07, 6.45) is -4.40. The van der Waals surface area contributed by atoms with Crippen molar-refractivity contribution in [3.05, 3.63) is 105 Å². The summed E-state index contributed by atoms with van der Waals surface area (Å²) >= 11 is 0. The molecule has 0 atom stereocenters. The first-order chi connectivity index (χ1) is 16.8. The fourth-order valence-corrected chi connectivity index (χ4v) is 4.51. The predicted octanol–water partition coefficient (Wildman–Crippen LogP) is 4.08. The summed E-state index contributed by atoms with van der Waals surface area (Å²) in [6.45, 7) is 1.99. The summed E-state index contributed by atoms with van der Waals surface area (Å²) in [5.74, 6) is 0.415. The lowest BCUT2D eigenvalue weighted by molar-refractivity contribution is -0.137. The van der Waals surface area contributed by atoms with Crippen molar-refractivity contribution >= 4 is 22.3 Å². The van der Waals surface area contributed by atoms with Crippen LogP contribution in [-0.2, 0) is 12.7 Å². The monoisotopic (exact) mass is 480 g/mol. The highest BCUT2D eigenvalue weighted by Crippen LogP contribution is 2.32. The lowest BCUT2D eigenvalue weighted by atomic mass is 10.0. The van der Waals surface area contributed by atoms with Crippen LogP contribution in [0.2, 0.25) is 0 Å². The lowest BCUT2D eigenvalue weighted by Gasteiger charge is -2.37. The Morgan fingerprint density at radius 2 is 1.49 bits per heavy atom. The molecule has 1 N–H and O–H groups in total. The third kappa shape index (κ3) is 4.66. The van der Waals surface area contributed by atoms with Crippen LogP contribution >= 0.6 is 0 Å². The van der Waals surface area contributed by atoms with E-state index in [2.05, 4.69) is 4.98 Å². The van der Waals surface area contributed by atoms with E-state index in [1.165, 1.54) is 16.7 Å². The fourth-order valence-electron chi connectivity index (χ4n) is 4.51. The van der Waals surface area contributed by atoms with E-state index in [0.717, 1.165) is 28.5 Å². The number of piperazine rings is 1. The number of hydrogen-bond donors (Lipinski definition) is 1. The van der Waals surface area contributed by atoms with Gasteiger partial charge in [-0.25, -0.2) is 4.79 Å². The van der Waals surface area contributed by atoms with E-state index in [9.17, 15) is 22.8 Å². The van der Waals surface area contributed by atoms with Crippen LogP contribution in [0.25, 0.3) is 10.8 Å². The normalized spacial score (nSPS) is 14.5. The lowest BCUT2D eigenvalue weighted by Crippen LogP contribution is -2.48. The predicted molar refractivity (Wildman–Crippen MR) is 130 cm³/mol. The van der Waals surface area contributed by atoms with E-state index in [1.54, 1.807) is 6.07 Å². The number of aromatic amines is 1. The van der Waals surface area contributed by atoms with Gasteiger partial charge in [-0.3, -0.25) is 14.3 Å². The van der Waals surface area contributed by atoms with Gasteiger partial charge in [-0.1, -0.05) is 48.5 Å². The Hall–Kier alpha value is -4.01. The number of halogens is 3. The van der Waals surface area contributed by atoms with Crippen molar-refractivity contribution in [3.63, 3.8) is 0 Å². The van der Waals surface area contributed by atoms with E-state index in [4.69, 9.17) is 0 Å². The quantitative estimate of drug-likeness (QED) is 0.478. The highest BCUT2D eigenvalue weighted by molar-refractivity contribution is 5.85. The number of fused-ring (bicyclic) bond motifs is 1. The minimum Gasteiger partial charge on any atom is -0.368 e. The molecule has 1 saturated heterocycles. The summed E-state index contributed by atoms with van der Waals surface area (Å²) < 4.78 is 40.3. The van der Waals surface area contributed by atoms with Gasteiger partial charge in [0.15, 0.2) is 0 Å². The fraction of sp³-hybridized carbons (Fsp3) is 0.231. The molecule has 35 heavy (non-hydrogen) atoms. The number of aromatic nitrogens is 2. The molecule has 1 fully saturated rings. The maximum Gasteiger partial charge on any atom is 0.416 e. The number of nitrogens with zero attached hydrogens (tertiary/aromatic N) is 3. The SMILES string of the molecule is O=c1cc(N2CCN(c3cccc(C(F)(F)F)c3)CC2)[nH]c(=O)n1Cc1cccc2ccccc12. The van der Waals surface area contributed by atoms with Crippen LogP contribution in [0.15, 0.2) is 82.4 Å². The molecule has 180 valence electrons. The Labute approximate surface area is 198 Å². The van der Waals surface area contributed by atoms with Crippen molar-refractivity contribution in [1.29, 1.82) is 0 Å². The van der Waals surface area contributed by atoms with Crippen LogP contribution in [-0.4, -0.2) is 35.7 Å². The average Bonchev–Trinajstić information content (AvgIpc) is 2.86. The average molecular weight is 480 g/mol. The second-order valence-corrected chi connectivity index (χ2v) is 8.54. The van der Waals surface area contributed by atoms with Gasteiger partial charge in [-0.2, -0.15) is 13.2 Å². The van der Waals surface area contributed by atoms with Crippen LogP contribution < -0.4 is 21.0 Å². The molecular formula is C26H23F3N4O2. The third-order valence-corrected chi connectivity index (χ3v) is 6.37. The Morgan fingerprint density at radius 3 is 2.23 bits per heavy atom. The molecule has 4 aromatic rings. The molecule has 0 spiro atoms. The van der Waals surface area contributed by atoms with Crippen LogP contribution in [0.4, 0.5) is 24.7 Å². The molecule has 0 radical (unpaired) electrons. The third-order valence-electron chi connectivity index (χ3n) is 6.37. The minimum atomic E-state index is -4.40. The van der Waals surface area contributed by atoms with Gasteiger partial charge in [0.1, 0.15) is 5.82 Å². The zero-order valence-corrected chi connectivity index (χ0v) is 18.8. The number of anilines is 2. The number of hydrogen-bond acceptors (Lipinski definition) is 4. The zero-order chi connectivity index (χ0) is 24.6. The Balaban J connectivity index is 1.33. The molecule has 5 rings (SSSR count). The molecule has 0 bridgehead atoms. The highest BCUT2D eigenvalue weighted by Gasteiger charge is 2.31. The Kier molecular flexibility index (Phi) is 5.84. The number of rotatable bonds is 4. The van der Waals surface area contributed by atoms with Gasteiger partial charge in [0.25, 0.3) is 5.56 Å². The number of benzene rings is 3. The molecule has 2 heterocycles. The molecule has 1 aliphatic heterocycles. The molecule has 9 heteroatoms. The molecule has 0 unspecified atom stereocenters. The second-order valence-electron chi connectivity index (χ2n) is 8.54. The van der Waals surface area contributed by atoms with Crippen molar-refractivity contribution in [1.82, 2.24) is 9.55 Å². The van der Waals surface area contributed by atoms with Gasteiger partial charge in [0.05, 0.1) is 12.1 Å². The summed E-state index contributed by atoms with van der Waals surface area (Å²) in [7, 11) is 0. The second kappa shape index (κ2) is 8.98. The molecule has 1 aliphatic rings.